The molecule has 116 valence electrons. The van der Waals surface area contributed by atoms with Crippen molar-refractivity contribution in [3.63, 3.8) is 0 Å². The Morgan fingerprint density at radius 2 is 1.95 bits per heavy atom. The standard InChI is InChI=1S/C15H28N2O3/c1-17(12-15(19)7-9-20-10-8-15)11-14(18)16-13-5-3-2-4-6-13/h13,19H,2-12H2,1H3,(H,16,18). The van der Waals surface area contributed by atoms with Crippen molar-refractivity contribution in [3.05, 3.63) is 0 Å². The average Bonchev–Trinajstić information content (AvgIpc) is 2.39. The lowest BCUT2D eigenvalue weighted by molar-refractivity contribution is -0.124. The summed E-state index contributed by atoms with van der Waals surface area (Å²) in [6.07, 6.45) is 7.26. The van der Waals surface area contributed by atoms with Crippen LogP contribution in [-0.2, 0) is 9.53 Å². The van der Waals surface area contributed by atoms with Crippen molar-refractivity contribution in [1.29, 1.82) is 0 Å². The van der Waals surface area contributed by atoms with Crippen molar-refractivity contribution < 1.29 is 14.6 Å². The predicted octanol–water partition coefficient (Wildman–Crippen LogP) is 0.909. The molecule has 2 fully saturated rings. The van der Waals surface area contributed by atoms with Gasteiger partial charge >= 0.3 is 0 Å². The first-order valence-electron chi connectivity index (χ1n) is 7.85. The fourth-order valence-electron chi connectivity index (χ4n) is 3.23. The maximum Gasteiger partial charge on any atom is 0.234 e. The molecule has 0 spiro atoms. The molecule has 2 N–H and O–H groups in total. The van der Waals surface area contributed by atoms with Crippen molar-refractivity contribution in [2.45, 2.75) is 56.6 Å². The van der Waals surface area contributed by atoms with Crippen molar-refractivity contribution in [1.82, 2.24) is 10.2 Å². The van der Waals surface area contributed by atoms with Gasteiger partial charge in [-0.1, -0.05) is 19.3 Å². The number of hydrogen-bond donors (Lipinski definition) is 2. The van der Waals surface area contributed by atoms with E-state index in [0.717, 1.165) is 12.8 Å². The van der Waals surface area contributed by atoms with Crippen LogP contribution in [0.1, 0.15) is 44.9 Å². The minimum atomic E-state index is -0.696. The van der Waals surface area contributed by atoms with Crippen LogP contribution < -0.4 is 5.32 Å². The number of hydrogen-bond acceptors (Lipinski definition) is 4. The van der Waals surface area contributed by atoms with Gasteiger partial charge < -0.3 is 15.2 Å². The Morgan fingerprint density at radius 3 is 2.60 bits per heavy atom. The summed E-state index contributed by atoms with van der Waals surface area (Å²) >= 11 is 0. The van der Waals surface area contributed by atoms with Crippen LogP contribution in [0.3, 0.4) is 0 Å². The normalized spacial score (nSPS) is 23.8. The molecule has 1 amide bonds. The van der Waals surface area contributed by atoms with Crippen molar-refractivity contribution in [2.24, 2.45) is 0 Å². The van der Waals surface area contributed by atoms with Gasteiger partial charge in [0, 0.05) is 38.6 Å². The number of likely N-dealkylation sites (N-methyl/N-ethyl adjacent to an activating group) is 1. The predicted molar refractivity (Wildman–Crippen MR) is 77.5 cm³/mol. The molecule has 1 saturated heterocycles. The third kappa shape index (κ3) is 5.04. The molecule has 0 aromatic rings. The first-order chi connectivity index (χ1) is 9.57. The maximum absolute atomic E-state index is 12.0. The summed E-state index contributed by atoms with van der Waals surface area (Å²) in [6, 6.07) is 0.357. The number of carbonyl (C=O) groups excluding carboxylic acids is 1. The second-order valence-electron chi connectivity index (χ2n) is 6.41. The molecular weight excluding hydrogens is 256 g/mol. The largest absolute Gasteiger partial charge is 0.388 e. The molecule has 1 saturated carbocycles. The summed E-state index contributed by atoms with van der Waals surface area (Å²) < 4.78 is 5.27. The van der Waals surface area contributed by atoms with E-state index in [1.165, 1.54) is 19.3 Å². The van der Waals surface area contributed by atoms with Crippen LogP contribution in [-0.4, -0.2) is 60.9 Å². The molecule has 0 radical (unpaired) electrons. The van der Waals surface area contributed by atoms with E-state index in [1.807, 2.05) is 11.9 Å². The van der Waals surface area contributed by atoms with E-state index in [2.05, 4.69) is 5.32 Å². The van der Waals surface area contributed by atoms with Gasteiger partial charge in [0.15, 0.2) is 0 Å². The highest BCUT2D eigenvalue weighted by Gasteiger charge is 2.31. The van der Waals surface area contributed by atoms with E-state index < -0.39 is 5.60 Å². The summed E-state index contributed by atoms with van der Waals surface area (Å²) in [6.45, 7) is 2.12. The van der Waals surface area contributed by atoms with Gasteiger partial charge in [0.25, 0.3) is 0 Å². The highest BCUT2D eigenvalue weighted by molar-refractivity contribution is 5.78. The molecule has 1 heterocycles. The lowest BCUT2D eigenvalue weighted by Gasteiger charge is -2.35. The van der Waals surface area contributed by atoms with Gasteiger partial charge in [-0.25, -0.2) is 0 Å². The number of amides is 1. The molecule has 0 aromatic carbocycles. The Bertz CT molecular complexity index is 310. The molecule has 0 atom stereocenters. The van der Waals surface area contributed by atoms with Crippen molar-refractivity contribution in [3.8, 4) is 0 Å². The molecule has 2 aliphatic rings. The number of rotatable bonds is 5. The SMILES string of the molecule is CN(CC(=O)NC1CCCCC1)CC1(O)CCOCC1. The zero-order chi connectivity index (χ0) is 14.4. The Morgan fingerprint density at radius 1 is 1.30 bits per heavy atom. The molecule has 2 rings (SSSR count). The van der Waals surface area contributed by atoms with Crippen molar-refractivity contribution >= 4 is 5.91 Å². The monoisotopic (exact) mass is 284 g/mol. The Labute approximate surface area is 121 Å². The molecule has 20 heavy (non-hydrogen) atoms. The number of nitrogens with zero attached hydrogens (tertiary/aromatic N) is 1. The number of carbonyl (C=O) groups is 1. The minimum Gasteiger partial charge on any atom is -0.388 e. The second-order valence-corrected chi connectivity index (χ2v) is 6.41. The van der Waals surface area contributed by atoms with Crippen LogP contribution in [0.5, 0.6) is 0 Å². The average molecular weight is 284 g/mol. The van der Waals surface area contributed by atoms with E-state index >= 15 is 0 Å². The van der Waals surface area contributed by atoms with E-state index in [1.54, 1.807) is 0 Å². The van der Waals surface area contributed by atoms with Gasteiger partial charge in [-0.05, 0) is 19.9 Å². The summed E-state index contributed by atoms with van der Waals surface area (Å²) in [5, 5.41) is 13.5. The first kappa shape index (κ1) is 15.7. The van der Waals surface area contributed by atoms with E-state index in [0.29, 0.717) is 45.2 Å². The molecule has 1 aliphatic carbocycles. The molecule has 5 nitrogen and oxygen atoms in total. The van der Waals surface area contributed by atoms with E-state index in [-0.39, 0.29) is 5.91 Å². The zero-order valence-electron chi connectivity index (χ0n) is 12.6. The number of ether oxygens (including phenoxy) is 1. The van der Waals surface area contributed by atoms with Gasteiger partial charge in [0.2, 0.25) is 5.91 Å². The number of aliphatic hydroxyl groups is 1. The highest BCUT2D eigenvalue weighted by atomic mass is 16.5. The quantitative estimate of drug-likeness (QED) is 0.788. The van der Waals surface area contributed by atoms with E-state index in [4.69, 9.17) is 4.74 Å². The minimum absolute atomic E-state index is 0.0788. The molecule has 0 bridgehead atoms. The molecule has 5 heteroatoms. The van der Waals surface area contributed by atoms with Crippen molar-refractivity contribution in [2.75, 3.05) is 33.4 Å². The summed E-state index contributed by atoms with van der Waals surface area (Å²) in [5.74, 6) is 0.0788. The zero-order valence-corrected chi connectivity index (χ0v) is 12.6. The number of nitrogens with one attached hydrogen (secondary N) is 1. The van der Waals surface area contributed by atoms with Crippen LogP contribution in [0.15, 0.2) is 0 Å². The third-order valence-corrected chi connectivity index (χ3v) is 4.37. The van der Waals surface area contributed by atoms with Crippen LogP contribution in [0.4, 0.5) is 0 Å². The fourth-order valence-corrected chi connectivity index (χ4v) is 3.23. The topological polar surface area (TPSA) is 61.8 Å². The van der Waals surface area contributed by atoms with Crippen LogP contribution >= 0.6 is 0 Å². The molecule has 0 unspecified atom stereocenters. The Kier molecular flexibility index (Phi) is 5.81. The molecule has 1 aliphatic heterocycles. The lowest BCUT2D eigenvalue weighted by Crippen LogP contribution is -2.49. The maximum atomic E-state index is 12.0. The van der Waals surface area contributed by atoms with Gasteiger partial charge in [0.1, 0.15) is 0 Å². The molecular formula is C15H28N2O3. The smallest absolute Gasteiger partial charge is 0.234 e. The summed E-state index contributed by atoms with van der Waals surface area (Å²) in [4.78, 5) is 13.9. The van der Waals surface area contributed by atoms with Crippen LogP contribution in [0.25, 0.3) is 0 Å². The third-order valence-electron chi connectivity index (χ3n) is 4.37. The molecule has 0 aromatic heterocycles. The highest BCUT2D eigenvalue weighted by Crippen LogP contribution is 2.21. The van der Waals surface area contributed by atoms with Crippen LogP contribution in [0, 0.1) is 0 Å². The summed E-state index contributed by atoms with van der Waals surface area (Å²) in [5.41, 5.74) is -0.696. The van der Waals surface area contributed by atoms with Gasteiger partial charge in [-0.2, -0.15) is 0 Å². The van der Waals surface area contributed by atoms with Crippen LogP contribution in [0.2, 0.25) is 0 Å². The Balaban J connectivity index is 1.69. The Hall–Kier alpha value is -0.650. The van der Waals surface area contributed by atoms with Gasteiger partial charge in [0.05, 0.1) is 12.1 Å². The summed E-state index contributed by atoms with van der Waals surface area (Å²) in [7, 11) is 1.90. The first-order valence-corrected chi connectivity index (χ1v) is 7.85. The van der Waals surface area contributed by atoms with Gasteiger partial charge in [-0.3, -0.25) is 9.69 Å². The fraction of sp³-hybridized carbons (Fsp3) is 0.933. The van der Waals surface area contributed by atoms with E-state index in [9.17, 15) is 9.90 Å². The second kappa shape index (κ2) is 7.38. The van der Waals surface area contributed by atoms with Gasteiger partial charge in [-0.15, -0.1) is 0 Å². The lowest BCUT2D eigenvalue weighted by atomic mass is 9.94.